The number of hydrogen-bond donors (Lipinski definition) is 0. The molecule has 2 heteroatoms. The molecular weight excluding hydrogens is 224 g/mol. The van der Waals surface area contributed by atoms with E-state index < -0.39 is 0 Å². The maximum absolute atomic E-state index is 11.7. The van der Waals surface area contributed by atoms with Gasteiger partial charge in [-0.2, -0.15) is 0 Å². The molecule has 0 amide bonds. The number of ether oxygens (including phenoxy) is 1. The van der Waals surface area contributed by atoms with Crippen molar-refractivity contribution in [2.75, 3.05) is 7.11 Å². The fourth-order valence-electron chi connectivity index (χ4n) is 1.91. The lowest BCUT2D eigenvalue weighted by molar-refractivity contribution is 0.0599. The second-order valence-electron chi connectivity index (χ2n) is 4.31. The number of carbonyl (C=O) groups excluding carboxylic acids is 1. The summed E-state index contributed by atoms with van der Waals surface area (Å²) in [5.74, 6) is -0.280. The zero-order valence-electron chi connectivity index (χ0n) is 10.6. The number of rotatable bonds is 3. The lowest BCUT2D eigenvalue weighted by atomic mass is 9.99. The van der Waals surface area contributed by atoms with Gasteiger partial charge in [-0.3, -0.25) is 0 Å². The van der Waals surface area contributed by atoms with Crippen molar-refractivity contribution in [2.45, 2.75) is 13.3 Å². The van der Waals surface area contributed by atoms with Crippen LogP contribution < -0.4 is 0 Å². The topological polar surface area (TPSA) is 26.3 Å². The van der Waals surface area contributed by atoms with E-state index >= 15 is 0 Å². The molecular formula is C16H16O2. The Morgan fingerprint density at radius 3 is 2.39 bits per heavy atom. The summed E-state index contributed by atoms with van der Waals surface area (Å²) in [6.07, 6.45) is 0.742. The molecule has 0 heterocycles. The van der Waals surface area contributed by atoms with Gasteiger partial charge in [-0.25, -0.2) is 4.79 Å². The van der Waals surface area contributed by atoms with Crippen LogP contribution in [-0.4, -0.2) is 13.1 Å². The molecule has 2 nitrogen and oxygen atoms in total. The third kappa shape index (κ3) is 2.77. The highest BCUT2D eigenvalue weighted by molar-refractivity contribution is 5.91. The zero-order valence-corrected chi connectivity index (χ0v) is 10.6. The van der Waals surface area contributed by atoms with E-state index in [1.54, 1.807) is 6.07 Å². The smallest absolute Gasteiger partial charge is 0.338 e. The first-order chi connectivity index (χ1) is 8.70. The van der Waals surface area contributed by atoms with Gasteiger partial charge < -0.3 is 4.74 Å². The number of benzene rings is 2. The minimum atomic E-state index is -0.280. The van der Waals surface area contributed by atoms with Gasteiger partial charge in [-0.05, 0) is 30.5 Å². The van der Waals surface area contributed by atoms with E-state index in [1.165, 1.54) is 18.2 Å². The highest BCUT2D eigenvalue weighted by atomic mass is 16.5. The van der Waals surface area contributed by atoms with E-state index in [9.17, 15) is 4.79 Å². The van der Waals surface area contributed by atoms with E-state index in [1.807, 2.05) is 18.2 Å². The van der Waals surface area contributed by atoms with E-state index in [-0.39, 0.29) is 5.97 Å². The van der Waals surface area contributed by atoms with Gasteiger partial charge in [0.25, 0.3) is 0 Å². The summed E-state index contributed by atoms with van der Waals surface area (Å²) in [4.78, 5) is 11.7. The molecule has 2 aromatic carbocycles. The van der Waals surface area contributed by atoms with Crippen LogP contribution in [0.15, 0.2) is 48.5 Å². The van der Waals surface area contributed by atoms with Crippen molar-refractivity contribution in [1.29, 1.82) is 0 Å². The second kappa shape index (κ2) is 5.50. The largest absolute Gasteiger partial charge is 0.465 e. The van der Waals surface area contributed by atoms with Crippen LogP contribution in [0.3, 0.4) is 0 Å². The molecule has 0 N–H and O–H groups in total. The summed E-state index contributed by atoms with van der Waals surface area (Å²) < 4.78 is 4.79. The molecule has 18 heavy (non-hydrogen) atoms. The van der Waals surface area contributed by atoms with Crippen LogP contribution in [0, 0.1) is 6.92 Å². The summed E-state index contributed by atoms with van der Waals surface area (Å²) in [6, 6.07) is 15.9. The van der Waals surface area contributed by atoms with Crippen LogP contribution in [0.2, 0.25) is 0 Å². The first kappa shape index (κ1) is 12.4. The molecule has 2 rings (SSSR count). The van der Waals surface area contributed by atoms with Crippen molar-refractivity contribution < 1.29 is 9.53 Å². The summed E-state index contributed by atoms with van der Waals surface area (Å²) in [6.45, 7) is 2.06. The fourth-order valence-corrected chi connectivity index (χ4v) is 1.91. The molecule has 0 aliphatic rings. The average molecular weight is 240 g/mol. The highest BCUT2D eigenvalue weighted by Crippen LogP contribution is 2.15. The minimum Gasteiger partial charge on any atom is -0.465 e. The van der Waals surface area contributed by atoms with Crippen LogP contribution in [-0.2, 0) is 11.2 Å². The Morgan fingerprint density at radius 2 is 1.72 bits per heavy atom. The number of hydrogen-bond acceptors (Lipinski definition) is 2. The van der Waals surface area contributed by atoms with E-state index in [4.69, 9.17) is 4.74 Å². The third-order valence-corrected chi connectivity index (χ3v) is 2.94. The molecule has 0 atom stereocenters. The lowest BCUT2D eigenvalue weighted by Gasteiger charge is -2.08. The molecule has 0 spiro atoms. The third-order valence-electron chi connectivity index (χ3n) is 2.94. The fraction of sp³-hybridized carbons (Fsp3) is 0.188. The second-order valence-corrected chi connectivity index (χ2v) is 4.31. The Kier molecular flexibility index (Phi) is 3.78. The molecule has 2 aromatic rings. The van der Waals surface area contributed by atoms with Crippen molar-refractivity contribution in [3.63, 3.8) is 0 Å². The lowest BCUT2D eigenvalue weighted by Crippen LogP contribution is -2.05. The molecule has 0 aliphatic heterocycles. The van der Waals surface area contributed by atoms with Crippen LogP contribution >= 0.6 is 0 Å². The van der Waals surface area contributed by atoms with Crippen LogP contribution in [0.4, 0.5) is 0 Å². The maximum Gasteiger partial charge on any atom is 0.338 e. The van der Waals surface area contributed by atoms with Gasteiger partial charge in [0, 0.05) is 0 Å². The average Bonchev–Trinajstić information content (AvgIpc) is 2.41. The summed E-state index contributed by atoms with van der Waals surface area (Å²) >= 11 is 0. The van der Waals surface area contributed by atoms with E-state index in [0.29, 0.717) is 5.56 Å². The SMILES string of the molecule is COC(=O)c1ccccc1Cc1ccc(C)cc1. The van der Waals surface area contributed by atoms with Gasteiger partial charge in [0.2, 0.25) is 0 Å². The number of aryl methyl sites for hydroxylation is 1. The molecule has 0 saturated heterocycles. The normalized spacial score (nSPS) is 10.1. The van der Waals surface area contributed by atoms with Gasteiger partial charge in [-0.1, -0.05) is 48.0 Å². The van der Waals surface area contributed by atoms with E-state index in [0.717, 1.165) is 12.0 Å². The summed E-state index contributed by atoms with van der Waals surface area (Å²) in [5.41, 5.74) is 4.06. The van der Waals surface area contributed by atoms with Crippen molar-refractivity contribution in [2.24, 2.45) is 0 Å². The Morgan fingerprint density at radius 1 is 1.06 bits per heavy atom. The predicted molar refractivity (Wildman–Crippen MR) is 71.8 cm³/mol. The molecule has 92 valence electrons. The van der Waals surface area contributed by atoms with Gasteiger partial charge in [-0.15, -0.1) is 0 Å². The number of carbonyl (C=O) groups is 1. The van der Waals surface area contributed by atoms with Crippen LogP contribution in [0.1, 0.15) is 27.0 Å². The van der Waals surface area contributed by atoms with Crippen LogP contribution in [0.5, 0.6) is 0 Å². The molecule has 0 aromatic heterocycles. The molecule has 0 bridgehead atoms. The van der Waals surface area contributed by atoms with Crippen molar-refractivity contribution in [1.82, 2.24) is 0 Å². The van der Waals surface area contributed by atoms with Crippen LogP contribution in [0.25, 0.3) is 0 Å². The van der Waals surface area contributed by atoms with Gasteiger partial charge in [0.15, 0.2) is 0 Å². The van der Waals surface area contributed by atoms with Crippen molar-refractivity contribution in [3.05, 3.63) is 70.8 Å². The monoisotopic (exact) mass is 240 g/mol. The van der Waals surface area contributed by atoms with Crippen molar-refractivity contribution in [3.8, 4) is 0 Å². The Labute approximate surface area is 107 Å². The highest BCUT2D eigenvalue weighted by Gasteiger charge is 2.10. The van der Waals surface area contributed by atoms with E-state index in [2.05, 4.69) is 31.2 Å². The maximum atomic E-state index is 11.7. The summed E-state index contributed by atoms with van der Waals surface area (Å²) in [7, 11) is 1.41. The van der Waals surface area contributed by atoms with Gasteiger partial charge in [0.1, 0.15) is 0 Å². The summed E-state index contributed by atoms with van der Waals surface area (Å²) in [5, 5.41) is 0. The zero-order chi connectivity index (χ0) is 13.0. The minimum absolute atomic E-state index is 0.280. The predicted octanol–water partition coefficient (Wildman–Crippen LogP) is 3.37. The Balaban J connectivity index is 2.28. The molecule has 0 unspecified atom stereocenters. The Bertz CT molecular complexity index is 541. The Hall–Kier alpha value is -2.09. The first-order valence-corrected chi connectivity index (χ1v) is 5.92. The molecule has 0 saturated carbocycles. The van der Waals surface area contributed by atoms with Gasteiger partial charge in [0.05, 0.1) is 12.7 Å². The van der Waals surface area contributed by atoms with Gasteiger partial charge >= 0.3 is 5.97 Å². The first-order valence-electron chi connectivity index (χ1n) is 5.92. The van der Waals surface area contributed by atoms with Crippen molar-refractivity contribution >= 4 is 5.97 Å². The molecule has 0 radical (unpaired) electrons. The standard InChI is InChI=1S/C16H16O2/c1-12-7-9-13(10-8-12)11-14-5-3-4-6-15(14)16(17)18-2/h3-10H,11H2,1-2H3. The molecule has 0 aliphatic carbocycles. The number of esters is 1. The number of methoxy groups -OCH3 is 1. The quantitative estimate of drug-likeness (QED) is 0.769. The molecule has 0 fully saturated rings.